The molecule has 0 aliphatic carbocycles. The largest absolute Gasteiger partial charge is 0.549 e. The van der Waals surface area contributed by atoms with Crippen LogP contribution in [-0.4, -0.2) is 79.9 Å². The van der Waals surface area contributed by atoms with E-state index in [0.29, 0.717) is 0 Å². The van der Waals surface area contributed by atoms with Crippen molar-refractivity contribution in [1.29, 1.82) is 0 Å². The summed E-state index contributed by atoms with van der Waals surface area (Å²) >= 11 is 0. The summed E-state index contributed by atoms with van der Waals surface area (Å²) in [4.78, 5) is 109. The Kier molecular flexibility index (Phi) is 20.2. The fourth-order valence-electron chi connectivity index (χ4n) is 6.81. The van der Waals surface area contributed by atoms with Gasteiger partial charge in [0.15, 0.2) is 0 Å². The molecule has 3 aromatic rings. The number of carbonyl (C=O) groups excluding carboxylic acids is 6. The van der Waals surface area contributed by atoms with Crippen LogP contribution in [0.1, 0.15) is 67.5 Å². The van der Waals surface area contributed by atoms with Gasteiger partial charge in [0, 0.05) is 0 Å². The fraction of sp³-hybridized carbons (Fsp3) is 0.217. The lowest BCUT2D eigenvalue weighted by atomic mass is 9.84. The van der Waals surface area contributed by atoms with Crippen molar-refractivity contribution in [3.05, 3.63) is 180 Å². The topological polar surface area (TPSA) is 185 Å². The van der Waals surface area contributed by atoms with Crippen molar-refractivity contribution in [2.24, 2.45) is 5.41 Å². The van der Waals surface area contributed by atoms with Crippen LogP contribution in [0.4, 0.5) is 14.4 Å². The lowest BCUT2D eigenvalue weighted by Crippen LogP contribution is -2.67. The molecule has 0 heterocycles. The summed E-state index contributed by atoms with van der Waals surface area (Å²) in [6.07, 6.45) is -4.47. The molecule has 0 N–H and O–H groups in total. The molecule has 0 saturated heterocycles. The van der Waals surface area contributed by atoms with Gasteiger partial charge >= 0.3 is 36.4 Å². The lowest BCUT2D eigenvalue weighted by molar-refractivity contribution is -0.226. The van der Waals surface area contributed by atoms with Crippen LogP contribution in [0.5, 0.6) is 0 Å². The van der Waals surface area contributed by atoms with Crippen LogP contribution < -0.4 is 0 Å². The molecule has 0 aromatic heterocycles. The van der Waals surface area contributed by atoms with Crippen LogP contribution in [0.15, 0.2) is 146 Å². The van der Waals surface area contributed by atoms with Gasteiger partial charge in [-0.05, 0) is 63.6 Å². The Labute approximate surface area is 376 Å². The van der Waals surface area contributed by atoms with E-state index in [1.54, 1.807) is 43.3 Å². The maximum Gasteiger partial charge on any atom is 0.549 e. The standard InChI is InChI=1S/C46H52O15Si3/c1-11-30-46(40(62(12-2)13-3)53-43(50)59-56-37(47)34-24-18-31(8)19-25-34,41(63(14-4)15-5)54-44(51)60-57-38(48)35-26-20-32(9)21-27-35)42(64(16-6)17-7)55-45(52)61-58-39(49)36-28-22-33(10)23-29-36/h12-29,40-42,62-64H,2-7,11,30H2,1,8-10H3. The molecule has 0 fully saturated rings. The summed E-state index contributed by atoms with van der Waals surface area (Å²) in [5.74, 6) is -3.08. The van der Waals surface area contributed by atoms with Gasteiger partial charge < -0.3 is 14.2 Å². The van der Waals surface area contributed by atoms with Gasteiger partial charge in [0.2, 0.25) is 0 Å². The maximum absolute atomic E-state index is 13.8. The molecule has 0 bridgehead atoms. The number of hydrogen-bond donors (Lipinski definition) is 0. The van der Waals surface area contributed by atoms with E-state index >= 15 is 0 Å². The molecule has 0 radical (unpaired) electrons. The van der Waals surface area contributed by atoms with Gasteiger partial charge in [0.25, 0.3) is 0 Å². The second-order valence-corrected chi connectivity index (χ2v) is 22.4. The van der Waals surface area contributed by atoms with Crippen LogP contribution in [0.25, 0.3) is 0 Å². The predicted octanol–water partition coefficient (Wildman–Crippen LogP) is 8.23. The highest BCUT2D eigenvalue weighted by atomic mass is 28.3. The third-order valence-corrected chi connectivity index (χ3v) is 17.7. The van der Waals surface area contributed by atoms with Gasteiger partial charge in [-0.15, -0.1) is 39.5 Å². The van der Waals surface area contributed by atoms with E-state index in [1.807, 2.05) is 20.8 Å². The highest BCUT2D eigenvalue weighted by molar-refractivity contribution is 6.74. The molecule has 0 aliphatic rings. The molecule has 3 unspecified atom stereocenters. The van der Waals surface area contributed by atoms with Gasteiger partial charge in [-0.1, -0.05) is 101 Å². The van der Waals surface area contributed by atoms with Crippen LogP contribution in [0, 0.1) is 26.2 Å². The summed E-state index contributed by atoms with van der Waals surface area (Å²) in [7, 11) is -8.95. The molecule has 3 aromatic carbocycles. The average molecular weight is 929 g/mol. The van der Waals surface area contributed by atoms with Crippen LogP contribution in [0.2, 0.25) is 0 Å². The first-order chi connectivity index (χ1) is 30.6. The zero-order valence-corrected chi connectivity index (χ0v) is 39.6. The third kappa shape index (κ3) is 13.7. The SMILES string of the molecule is C=C[SiH](C=C)C(OC(=O)OOC(=O)c1ccc(C)cc1)C(CCC)(C(OC(=O)OOC(=O)c1ccc(C)cc1)[SiH](C=C)C=C)C(OC(=O)OOC(=O)c1ccc(C)cc1)[SiH](C=C)C=C. The first kappa shape index (κ1) is 51.3. The van der Waals surface area contributed by atoms with Gasteiger partial charge in [-0.2, -0.15) is 14.4 Å². The predicted molar refractivity (Wildman–Crippen MR) is 244 cm³/mol. The zero-order chi connectivity index (χ0) is 47.4. The molecular formula is C46H52O15Si3. The van der Waals surface area contributed by atoms with Crippen molar-refractivity contribution in [3.8, 4) is 0 Å². The summed E-state index contributed by atoms with van der Waals surface area (Å²) in [5, 5.41) is 0. The molecule has 18 heteroatoms. The Bertz CT molecular complexity index is 1910. The molecule has 0 aliphatic heterocycles. The van der Waals surface area contributed by atoms with Crippen LogP contribution >= 0.6 is 0 Å². The quantitative estimate of drug-likeness (QED) is 0.0347. The second-order valence-electron chi connectivity index (χ2n) is 14.3. The number of rotatable bonds is 20. The van der Waals surface area contributed by atoms with E-state index in [1.165, 1.54) is 70.6 Å². The minimum atomic E-state index is -2.98. The Balaban J connectivity index is 2.24. The van der Waals surface area contributed by atoms with Crippen LogP contribution in [-0.2, 0) is 43.5 Å². The van der Waals surface area contributed by atoms with E-state index in [-0.39, 0.29) is 29.5 Å². The second kappa shape index (κ2) is 25.2. The van der Waals surface area contributed by atoms with E-state index in [9.17, 15) is 28.8 Å². The van der Waals surface area contributed by atoms with E-state index in [4.69, 9.17) is 43.5 Å². The van der Waals surface area contributed by atoms with E-state index < -0.39 is 85.4 Å². The van der Waals surface area contributed by atoms with Crippen molar-refractivity contribution < 1.29 is 72.3 Å². The fourth-order valence-corrected chi connectivity index (χ4v) is 14.1. The molecule has 3 rings (SSSR count). The summed E-state index contributed by atoms with van der Waals surface area (Å²) in [5.41, 5.74) is 5.21. The third-order valence-electron chi connectivity index (χ3n) is 10.0. The van der Waals surface area contributed by atoms with Crippen LogP contribution in [0.3, 0.4) is 0 Å². The Morgan fingerprint density at radius 1 is 0.453 bits per heavy atom. The molecule has 64 heavy (non-hydrogen) atoms. The van der Waals surface area contributed by atoms with Crippen molar-refractivity contribution in [3.63, 3.8) is 0 Å². The van der Waals surface area contributed by atoms with Gasteiger partial charge in [0.1, 0.15) is 43.6 Å². The number of benzene rings is 3. The minimum Gasteiger partial charge on any atom is -0.431 e. The normalized spacial score (nSPS) is 13.0. The Hall–Kier alpha value is -7.03. The molecule has 3 atom stereocenters. The smallest absolute Gasteiger partial charge is 0.431 e. The molecule has 0 saturated carbocycles. The number of aryl methyl sites for hydroxylation is 3. The Morgan fingerprint density at radius 2 is 0.688 bits per heavy atom. The number of carbonyl (C=O) groups is 6. The molecular weight excluding hydrogens is 877 g/mol. The highest BCUT2D eigenvalue weighted by Gasteiger charge is 2.61. The summed E-state index contributed by atoms with van der Waals surface area (Å²) in [6.45, 7) is 31.0. The van der Waals surface area contributed by atoms with Crippen molar-refractivity contribution in [2.45, 2.75) is 57.7 Å². The first-order valence-corrected chi connectivity index (χ1v) is 25.9. The summed E-state index contributed by atoms with van der Waals surface area (Å²) < 4.78 is 18.3. The van der Waals surface area contributed by atoms with Crippen molar-refractivity contribution >= 4 is 62.8 Å². The number of ether oxygens (including phenoxy) is 3. The molecule has 338 valence electrons. The minimum absolute atomic E-state index is 0.0569. The molecule has 0 amide bonds. The highest BCUT2D eigenvalue weighted by Crippen LogP contribution is 2.46. The monoisotopic (exact) mass is 928 g/mol. The maximum atomic E-state index is 13.8. The van der Waals surface area contributed by atoms with Crippen molar-refractivity contribution in [1.82, 2.24) is 0 Å². The zero-order valence-electron chi connectivity index (χ0n) is 36.1. The number of hydrogen-bond acceptors (Lipinski definition) is 15. The molecule has 15 nitrogen and oxygen atoms in total. The molecule has 0 spiro atoms. The average Bonchev–Trinajstić information content (AvgIpc) is 3.29. The van der Waals surface area contributed by atoms with E-state index in [2.05, 4.69) is 39.5 Å². The van der Waals surface area contributed by atoms with E-state index in [0.717, 1.165) is 16.7 Å². The summed E-state index contributed by atoms with van der Waals surface area (Å²) in [6, 6.07) is 18.7. The first-order valence-electron chi connectivity index (χ1n) is 19.9. The van der Waals surface area contributed by atoms with Crippen molar-refractivity contribution in [2.75, 3.05) is 0 Å². The van der Waals surface area contributed by atoms with Gasteiger partial charge in [0.05, 0.1) is 22.1 Å². The van der Waals surface area contributed by atoms with Gasteiger partial charge in [-0.25, -0.2) is 43.7 Å². The lowest BCUT2D eigenvalue weighted by Gasteiger charge is -2.51. The Morgan fingerprint density at radius 3 is 0.891 bits per heavy atom. The van der Waals surface area contributed by atoms with Gasteiger partial charge in [-0.3, -0.25) is 0 Å².